The SMILES string of the molecule is C1CCC([PH+](C2CCCCC2)C2CCCCC2)CC1.C=CN(c1ccc(OC)cc1)S(C)(=O)=O.COc1ccc(N([CH]=[Ru]([Cl])[Cl])S(C)(=O)=O)cc1.Cc1cc(C)c(N2[CH-]N(c3c(C)cc(C)cc3C)CC2)c(C)c1.Cc1cc(C)c(N2[CH-]N(c3c(C)cc(C)cc3C)CC2)c(C)c1.[Cl][Cu].[Cl][Ru]([Cl])=[CH]c1ccccc1. The van der Waals surface area contributed by atoms with Crippen LogP contribution in [-0.4, -0.2) is 96.1 Å². The van der Waals surface area contributed by atoms with E-state index in [9.17, 15) is 16.8 Å². The summed E-state index contributed by atoms with van der Waals surface area (Å²) in [6.45, 7) is 38.6. The van der Waals surface area contributed by atoms with Crippen LogP contribution in [-0.2, 0) is 62.2 Å². The number of methoxy groups -OCH3 is 2. The molecule has 2 heterocycles. The van der Waals surface area contributed by atoms with Crippen LogP contribution >= 0.6 is 56.8 Å². The minimum atomic E-state index is -3.43. The summed E-state index contributed by atoms with van der Waals surface area (Å²) in [5, 5.41) is 0. The van der Waals surface area contributed by atoms with Crippen LogP contribution in [0.3, 0.4) is 0 Å². The van der Waals surface area contributed by atoms with Gasteiger partial charge in [-0.2, -0.15) is 13.3 Å². The summed E-state index contributed by atoms with van der Waals surface area (Å²) in [7, 11) is 23.3. The van der Waals surface area contributed by atoms with E-state index in [0.29, 0.717) is 22.9 Å². The summed E-state index contributed by atoms with van der Waals surface area (Å²) in [5.41, 5.74) is 27.5. The Morgan fingerprint density at radius 1 is 0.431 bits per heavy atom. The van der Waals surface area contributed by atoms with Gasteiger partial charge in [0, 0.05) is 63.1 Å². The Morgan fingerprint density at radius 2 is 0.697 bits per heavy atom. The number of hydrogen-bond acceptors (Lipinski definition) is 10. The van der Waals surface area contributed by atoms with Gasteiger partial charge in [0.1, 0.15) is 5.75 Å². The second-order valence-electron chi connectivity index (χ2n) is 29.2. The molecule has 0 radical (unpaired) electrons. The third-order valence-corrected chi connectivity index (χ3v) is 30.8. The summed E-state index contributed by atoms with van der Waals surface area (Å²) in [6.07, 6.45) is 27.3. The molecule has 7 aromatic rings. The molecule has 109 heavy (non-hydrogen) atoms. The van der Waals surface area contributed by atoms with Gasteiger partial charge in [-0.05, 0) is 229 Å². The molecule has 608 valence electrons. The number of halogens is 5. The first-order chi connectivity index (χ1) is 51.8. The molecule has 3 saturated carbocycles. The van der Waals surface area contributed by atoms with Crippen molar-refractivity contribution in [2.45, 2.75) is 196 Å². The van der Waals surface area contributed by atoms with E-state index in [1.54, 1.807) is 152 Å². The molecule has 0 aromatic heterocycles. The number of hydrogen-bond donors (Lipinski definition) is 0. The van der Waals surface area contributed by atoms with Crippen molar-refractivity contribution in [2.24, 2.45) is 0 Å². The van der Waals surface area contributed by atoms with E-state index in [4.69, 9.17) is 48.2 Å². The van der Waals surface area contributed by atoms with Gasteiger partial charge in [-0.15, -0.1) is 0 Å². The van der Waals surface area contributed by atoms with Gasteiger partial charge in [0.25, 0.3) is 0 Å². The van der Waals surface area contributed by atoms with Gasteiger partial charge in [-0.3, -0.25) is 0 Å². The molecule has 0 unspecified atom stereocenters. The summed E-state index contributed by atoms with van der Waals surface area (Å²) in [5.74, 6) is 1.32. The zero-order valence-electron chi connectivity index (χ0n) is 66.7. The van der Waals surface area contributed by atoms with Crippen LogP contribution in [0.5, 0.6) is 11.5 Å². The van der Waals surface area contributed by atoms with E-state index in [1.165, 1.54) is 125 Å². The molecule has 3 aliphatic carbocycles. The molecule has 12 rings (SSSR count). The van der Waals surface area contributed by atoms with Crippen LogP contribution in [0.25, 0.3) is 0 Å². The van der Waals surface area contributed by atoms with Gasteiger partial charge >= 0.3 is 213 Å². The van der Waals surface area contributed by atoms with Gasteiger partial charge in [0.15, 0.2) is 0 Å². The Kier molecular flexibility index (Phi) is 40.0. The average molecular weight is 1870 g/mol. The van der Waals surface area contributed by atoms with E-state index >= 15 is 0 Å². The van der Waals surface area contributed by atoms with E-state index in [1.807, 2.05) is 34.9 Å². The summed E-state index contributed by atoms with van der Waals surface area (Å²) in [6, 6.07) is 41.4. The number of anilines is 6. The quantitative estimate of drug-likeness (QED) is 0.0527. The molecule has 2 aliphatic heterocycles. The molecular weight excluding hydrogens is 1750 g/mol. The Hall–Kier alpha value is -4.03. The second kappa shape index (κ2) is 46.5. The van der Waals surface area contributed by atoms with Crippen molar-refractivity contribution in [3.8, 4) is 11.5 Å². The number of aryl methyl sites for hydroxylation is 12. The molecule has 0 bridgehead atoms. The fourth-order valence-electron chi connectivity index (χ4n) is 16.4. The number of rotatable bonds is 16. The molecule has 5 fully saturated rings. The molecule has 5 aliphatic rings. The first-order valence-electron chi connectivity index (χ1n) is 37.5. The zero-order chi connectivity index (χ0) is 80.3. The third kappa shape index (κ3) is 29.3. The summed E-state index contributed by atoms with van der Waals surface area (Å²) >= 11 is -0.179. The van der Waals surface area contributed by atoms with Crippen molar-refractivity contribution >= 4 is 120 Å². The molecule has 0 spiro atoms. The van der Waals surface area contributed by atoms with Crippen molar-refractivity contribution in [2.75, 3.05) is 81.1 Å². The molecule has 0 N–H and O–H groups in total. The molecule has 0 atom stereocenters. The topological polar surface area (TPSA) is 106 Å². The first-order valence-corrected chi connectivity index (χ1v) is 55.2. The Bertz CT molecular complexity index is 3940. The van der Waals surface area contributed by atoms with Crippen LogP contribution in [0.2, 0.25) is 0 Å². The van der Waals surface area contributed by atoms with E-state index in [2.05, 4.69) is 196 Å². The monoisotopic (exact) mass is 1870 g/mol. The molecule has 7 aromatic carbocycles. The molecule has 12 nitrogen and oxygen atoms in total. The predicted octanol–water partition coefficient (Wildman–Crippen LogP) is 23.4. The zero-order valence-corrected chi connectivity index (χ0v) is 77.6. The van der Waals surface area contributed by atoms with Crippen molar-refractivity contribution in [1.29, 1.82) is 0 Å². The van der Waals surface area contributed by atoms with Crippen LogP contribution < -0.4 is 37.7 Å². The molecule has 0 amide bonds. The van der Waals surface area contributed by atoms with Gasteiger partial charge in [-0.1, -0.05) is 96.6 Å². The van der Waals surface area contributed by atoms with Crippen molar-refractivity contribution in [3.63, 3.8) is 0 Å². The van der Waals surface area contributed by atoms with E-state index < -0.39 is 47.1 Å². The normalized spacial score (nSPS) is 15.6. The van der Waals surface area contributed by atoms with Crippen LogP contribution in [0.1, 0.15) is 169 Å². The summed E-state index contributed by atoms with van der Waals surface area (Å²) < 4.78 is 61.3. The van der Waals surface area contributed by atoms with Crippen molar-refractivity contribution in [1.82, 2.24) is 0 Å². The molecule has 23 heteroatoms. The fourth-order valence-corrected chi connectivity index (χ4v) is 28.1. The Morgan fingerprint density at radius 3 is 0.927 bits per heavy atom. The molecular formula is C86H118Cl5CuN6O6PRu2S2-. The minimum absolute atomic E-state index is 0.0465. The first kappa shape index (κ1) is 93.8. The van der Waals surface area contributed by atoms with Gasteiger partial charge in [0.05, 0.1) is 36.0 Å². The van der Waals surface area contributed by atoms with Gasteiger partial charge in [0.2, 0.25) is 10.0 Å². The number of nitrogens with zero attached hydrogens (tertiary/aromatic N) is 6. The Balaban J connectivity index is 0.000000207. The van der Waals surface area contributed by atoms with Crippen molar-refractivity contribution < 1.29 is 68.4 Å². The number of benzene rings is 7. The second-order valence-corrected chi connectivity index (χ2v) is 47.8. The number of ether oxygens (including phenoxy) is 2. The van der Waals surface area contributed by atoms with E-state index in [0.717, 1.165) is 52.9 Å². The maximum atomic E-state index is 11.6. The van der Waals surface area contributed by atoms with E-state index in [-0.39, 0.29) is 7.92 Å². The standard InChI is InChI=1S/2C21H27N2.C18H33P.C10H13NO3S.C9H11NO3S.C7H6.5ClH.Cu.2Ru/c2*1-14-9-16(3)20(17(4)10-14)22-7-8-23(13-22)21-18(5)11-15(2)12-19(21)6;1-4-10-16(11-5-1)19(17-12-6-2-7-13-17)18-14-8-3-9-15-18;1-4-11(15(3,12)13)9-5-7-10(14-2)8-6-9;1-10(14(3,11)12)8-4-6-9(13-2)7-5-8;1-7-5-3-2-4-6-7;;;;;;;;/h2*9-13H,7-8H2,1-6H3;16-18H,1-15H2;4-8H,1H2,2-3H3;1,4-7H,2-3H3;1-6H;5*1H;;;/q2*-1;;;;;;;;;;+1;2*+2/p-4. The van der Waals surface area contributed by atoms with Crippen molar-refractivity contribution in [3.05, 3.63) is 226 Å². The number of sulfonamides is 2. The van der Waals surface area contributed by atoms with Gasteiger partial charge < -0.3 is 24.3 Å². The Labute approximate surface area is 696 Å². The predicted molar refractivity (Wildman–Crippen MR) is 467 cm³/mol. The van der Waals surface area contributed by atoms with Crippen LogP contribution in [0, 0.1) is 96.4 Å². The molecule has 2 saturated heterocycles. The van der Waals surface area contributed by atoms with Crippen LogP contribution in [0.4, 0.5) is 34.1 Å². The maximum absolute atomic E-state index is 11.6. The summed E-state index contributed by atoms with van der Waals surface area (Å²) in [4.78, 5) is 9.62. The van der Waals surface area contributed by atoms with Crippen LogP contribution in [0.15, 0.2) is 140 Å². The van der Waals surface area contributed by atoms with Gasteiger partial charge in [-0.25, -0.2) is 12.7 Å². The fraction of sp³-hybridized carbons (Fsp3) is 0.442. The average Bonchev–Trinajstić information content (AvgIpc) is 1.68. The third-order valence-electron chi connectivity index (χ3n) is 20.3.